The zero-order valence-corrected chi connectivity index (χ0v) is 22.1. The quantitative estimate of drug-likeness (QED) is 0.258. The summed E-state index contributed by atoms with van der Waals surface area (Å²) in [6.07, 6.45) is 22.5. The molecule has 0 atom stereocenters. The monoisotopic (exact) mass is 474 g/mol. The smallest absolute Gasteiger partial charge is 0.00208 e. The van der Waals surface area contributed by atoms with Crippen LogP contribution in [0.15, 0.2) is 36.4 Å². The highest BCUT2D eigenvalue weighted by atomic mass is 14.3. The molecular weight excluding hydrogens is 432 g/mol. The molecule has 4 aromatic carbocycles. The Morgan fingerprint density at radius 1 is 0.333 bits per heavy atom. The van der Waals surface area contributed by atoms with E-state index < -0.39 is 0 Å². The molecule has 0 saturated heterocycles. The Hall–Kier alpha value is -2.08. The minimum absolute atomic E-state index is 0.776. The third kappa shape index (κ3) is 3.32. The van der Waals surface area contributed by atoms with Crippen molar-refractivity contribution in [2.45, 2.75) is 126 Å². The first-order valence-corrected chi connectivity index (χ1v) is 15.6. The fraction of sp³-hybridized carbons (Fsp3) is 0.556. The van der Waals surface area contributed by atoms with Gasteiger partial charge in [0.15, 0.2) is 0 Å². The van der Waals surface area contributed by atoms with E-state index in [2.05, 4.69) is 36.4 Å². The van der Waals surface area contributed by atoms with Crippen LogP contribution in [0.5, 0.6) is 0 Å². The summed E-state index contributed by atoms with van der Waals surface area (Å²) in [4.78, 5) is 0. The van der Waals surface area contributed by atoms with E-state index in [0.29, 0.717) is 0 Å². The second kappa shape index (κ2) is 8.75. The highest BCUT2D eigenvalue weighted by Gasteiger charge is 2.30. The molecule has 0 bridgehead atoms. The molecule has 4 aliphatic rings. The van der Waals surface area contributed by atoms with Gasteiger partial charge in [0, 0.05) is 0 Å². The summed E-state index contributed by atoms with van der Waals surface area (Å²) in [7, 11) is 0. The number of hydrogen-bond donors (Lipinski definition) is 0. The Bertz CT molecular complexity index is 1190. The van der Waals surface area contributed by atoms with Crippen molar-refractivity contribution in [1.29, 1.82) is 0 Å². The van der Waals surface area contributed by atoms with Gasteiger partial charge in [-0.15, -0.1) is 0 Å². The van der Waals surface area contributed by atoms with Gasteiger partial charge in [-0.05, 0) is 130 Å². The molecule has 0 aromatic heterocycles. The van der Waals surface area contributed by atoms with Gasteiger partial charge in [0.05, 0.1) is 0 Å². The predicted molar refractivity (Wildman–Crippen MR) is 155 cm³/mol. The van der Waals surface area contributed by atoms with Gasteiger partial charge in [-0.2, -0.15) is 0 Å². The highest BCUT2D eigenvalue weighted by Crippen LogP contribution is 2.51. The summed E-state index contributed by atoms with van der Waals surface area (Å²) in [6.45, 7) is 0. The van der Waals surface area contributed by atoms with Crippen LogP contribution in [0.1, 0.15) is 149 Å². The SMILES string of the molecule is c1c(C2CCCC2)c2ccc3c(C4CCCC4)cc(C4CCCC4)c4ccc(c1C1CCCC1)c2c34. The summed E-state index contributed by atoms with van der Waals surface area (Å²) in [6, 6.07) is 15.7. The Balaban J connectivity index is 1.48. The fourth-order valence-electron chi connectivity index (χ4n) is 9.40. The van der Waals surface area contributed by atoms with Crippen molar-refractivity contribution in [3.05, 3.63) is 58.7 Å². The minimum Gasteiger partial charge on any atom is -0.0540 e. The van der Waals surface area contributed by atoms with Crippen molar-refractivity contribution in [3.63, 3.8) is 0 Å². The van der Waals surface area contributed by atoms with Crippen molar-refractivity contribution in [3.8, 4) is 0 Å². The van der Waals surface area contributed by atoms with Crippen molar-refractivity contribution >= 4 is 32.3 Å². The lowest BCUT2D eigenvalue weighted by Gasteiger charge is -2.26. The molecule has 0 amide bonds. The lowest BCUT2D eigenvalue weighted by atomic mass is 9.78. The zero-order chi connectivity index (χ0) is 23.6. The van der Waals surface area contributed by atoms with Crippen LogP contribution in [-0.4, -0.2) is 0 Å². The average Bonchev–Trinajstić information content (AvgIpc) is 3.74. The van der Waals surface area contributed by atoms with Crippen LogP contribution < -0.4 is 0 Å². The van der Waals surface area contributed by atoms with Crippen LogP contribution in [-0.2, 0) is 0 Å². The van der Waals surface area contributed by atoms with Gasteiger partial charge < -0.3 is 0 Å². The van der Waals surface area contributed by atoms with Crippen LogP contribution in [0, 0.1) is 0 Å². The second-order valence-corrected chi connectivity index (χ2v) is 13.1. The molecule has 0 heteroatoms. The Morgan fingerprint density at radius 3 is 0.778 bits per heavy atom. The lowest BCUT2D eigenvalue weighted by Crippen LogP contribution is -2.05. The standard InChI is InChI=1S/C36H42/c1-2-10-23(9-1)31-21-32(24-11-3-4-12-24)28-19-20-30-34(26-15-7-8-16-26)22-33(25-13-5-6-14-25)29-18-17-27(31)35(28)36(29)30/h17-26H,1-16H2. The van der Waals surface area contributed by atoms with E-state index in [-0.39, 0.29) is 0 Å². The largest absolute Gasteiger partial charge is 0.0540 e. The molecule has 36 heavy (non-hydrogen) atoms. The number of hydrogen-bond acceptors (Lipinski definition) is 0. The zero-order valence-electron chi connectivity index (χ0n) is 22.1. The topological polar surface area (TPSA) is 0 Å². The van der Waals surface area contributed by atoms with E-state index in [1.165, 1.54) is 103 Å². The van der Waals surface area contributed by atoms with Crippen LogP contribution >= 0.6 is 0 Å². The maximum Gasteiger partial charge on any atom is -0.00208 e. The molecule has 4 fully saturated rings. The molecule has 4 saturated carbocycles. The Labute approximate surface area is 217 Å². The molecule has 8 rings (SSSR count). The van der Waals surface area contributed by atoms with E-state index in [1.54, 1.807) is 54.6 Å². The fourth-order valence-corrected chi connectivity index (χ4v) is 9.40. The molecule has 0 heterocycles. The van der Waals surface area contributed by atoms with Gasteiger partial charge in [0.2, 0.25) is 0 Å². The first-order valence-electron chi connectivity index (χ1n) is 15.6. The Morgan fingerprint density at radius 2 is 0.556 bits per heavy atom. The van der Waals surface area contributed by atoms with Gasteiger partial charge in [-0.25, -0.2) is 0 Å². The van der Waals surface area contributed by atoms with Crippen molar-refractivity contribution in [2.75, 3.05) is 0 Å². The van der Waals surface area contributed by atoms with E-state index in [1.807, 2.05) is 0 Å². The molecule has 0 spiro atoms. The van der Waals surface area contributed by atoms with E-state index in [4.69, 9.17) is 0 Å². The lowest BCUT2D eigenvalue weighted by molar-refractivity contribution is 0.708. The highest BCUT2D eigenvalue weighted by molar-refractivity contribution is 6.25. The van der Waals surface area contributed by atoms with E-state index in [9.17, 15) is 0 Å². The number of benzene rings is 4. The van der Waals surface area contributed by atoms with Crippen molar-refractivity contribution in [2.24, 2.45) is 0 Å². The van der Waals surface area contributed by atoms with Crippen LogP contribution in [0.25, 0.3) is 32.3 Å². The first kappa shape index (κ1) is 22.0. The summed E-state index contributed by atoms with van der Waals surface area (Å²) >= 11 is 0. The second-order valence-electron chi connectivity index (χ2n) is 13.1. The van der Waals surface area contributed by atoms with Gasteiger partial charge in [-0.3, -0.25) is 0 Å². The molecule has 0 aliphatic heterocycles. The summed E-state index contributed by atoms with van der Waals surface area (Å²) in [5, 5.41) is 9.76. The van der Waals surface area contributed by atoms with Gasteiger partial charge >= 0.3 is 0 Å². The third-order valence-electron chi connectivity index (χ3n) is 11.2. The normalized spacial score (nSPS) is 23.0. The van der Waals surface area contributed by atoms with Crippen LogP contribution in [0.3, 0.4) is 0 Å². The van der Waals surface area contributed by atoms with Gasteiger partial charge in [0.25, 0.3) is 0 Å². The molecule has 0 N–H and O–H groups in total. The average molecular weight is 475 g/mol. The third-order valence-corrected chi connectivity index (χ3v) is 11.2. The van der Waals surface area contributed by atoms with E-state index >= 15 is 0 Å². The van der Waals surface area contributed by atoms with Gasteiger partial charge in [0.1, 0.15) is 0 Å². The molecule has 186 valence electrons. The molecule has 0 nitrogen and oxygen atoms in total. The Kier molecular flexibility index (Phi) is 5.33. The van der Waals surface area contributed by atoms with Crippen molar-refractivity contribution < 1.29 is 0 Å². The number of rotatable bonds is 4. The summed E-state index contributed by atoms with van der Waals surface area (Å²) in [5.74, 6) is 3.10. The molecule has 0 radical (unpaired) electrons. The predicted octanol–water partition coefficient (Wildman–Crippen LogP) is 11.2. The molecule has 4 aliphatic carbocycles. The maximum atomic E-state index is 2.73. The van der Waals surface area contributed by atoms with Crippen LogP contribution in [0.4, 0.5) is 0 Å². The van der Waals surface area contributed by atoms with Crippen molar-refractivity contribution in [1.82, 2.24) is 0 Å². The molecule has 0 unspecified atom stereocenters. The summed E-state index contributed by atoms with van der Waals surface area (Å²) < 4.78 is 0. The minimum atomic E-state index is 0.776. The summed E-state index contributed by atoms with van der Waals surface area (Å²) in [5.41, 5.74) is 6.85. The van der Waals surface area contributed by atoms with E-state index in [0.717, 1.165) is 23.7 Å². The molecular formula is C36H42. The first-order chi connectivity index (χ1) is 17.9. The maximum absolute atomic E-state index is 2.73. The molecule has 4 aromatic rings. The van der Waals surface area contributed by atoms with Gasteiger partial charge in [-0.1, -0.05) is 87.8 Å². The van der Waals surface area contributed by atoms with Crippen LogP contribution in [0.2, 0.25) is 0 Å².